The van der Waals surface area contributed by atoms with E-state index in [2.05, 4.69) is 5.10 Å². The lowest BCUT2D eigenvalue weighted by Crippen LogP contribution is -2.29. The SMILES string of the molecule is Cn1cc(Cl)c(CC2c3ccccc3C(=O)N2Cc2ccc(N)c(O)c2)n1. The van der Waals surface area contributed by atoms with Crippen LogP contribution in [0.15, 0.2) is 48.7 Å². The third kappa shape index (κ3) is 3.13. The third-order valence-corrected chi connectivity index (χ3v) is 5.19. The molecule has 0 spiro atoms. The molecule has 0 saturated heterocycles. The predicted octanol–water partition coefficient (Wildman–Crippen LogP) is 3.30. The van der Waals surface area contributed by atoms with Gasteiger partial charge in [-0.05, 0) is 29.3 Å². The van der Waals surface area contributed by atoms with Gasteiger partial charge in [0.15, 0.2) is 0 Å². The second-order valence-electron chi connectivity index (χ2n) is 6.73. The van der Waals surface area contributed by atoms with Gasteiger partial charge in [0.25, 0.3) is 5.91 Å². The van der Waals surface area contributed by atoms with Crippen molar-refractivity contribution in [1.82, 2.24) is 14.7 Å². The average molecular weight is 383 g/mol. The molecule has 2 aromatic carbocycles. The first-order valence-electron chi connectivity index (χ1n) is 8.59. The van der Waals surface area contributed by atoms with Crippen molar-refractivity contribution in [3.05, 3.63) is 76.1 Å². The van der Waals surface area contributed by atoms with Crippen LogP contribution < -0.4 is 5.73 Å². The number of aryl methyl sites for hydroxylation is 1. The van der Waals surface area contributed by atoms with Gasteiger partial charge in [0.05, 0.1) is 22.4 Å². The van der Waals surface area contributed by atoms with Gasteiger partial charge in [-0.3, -0.25) is 9.48 Å². The summed E-state index contributed by atoms with van der Waals surface area (Å²) in [5.41, 5.74) is 9.20. The number of carbonyl (C=O) groups excluding carboxylic acids is 1. The molecule has 1 aliphatic heterocycles. The summed E-state index contributed by atoms with van der Waals surface area (Å²) >= 11 is 6.30. The van der Waals surface area contributed by atoms with E-state index in [4.69, 9.17) is 17.3 Å². The van der Waals surface area contributed by atoms with E-state index in [1.165, 1.54) is 0 Å². The lowest BCUT2D eigenvalue weighted by molar-refractivity contribution is 0.0708. The van der Waals surface area contributed by atoms with Gasteiger partial charge in [-0.15, -0.1) is 0 Å². The molecule has 3 N–H and O–H groups in total. The number of fused-ring (bicyclic) bond motifs is 1. The number of phenolic OH excluding ortho intramolecular Hbond substituents is 1. The van der Waals surface area contributed by atoms with E-state index in [0.29, 0.717) is 29.2 Å². The van der Waals surface area contributed by atoms with Crippen molar-refractivity contribution >= 4 is 23.2 Å². The van der Waals surface area contributed by atoms with Gasteiger partial charge < -0.3 is 15.7 Å². The molecule has 1 atom stereocenters. The van der Waals surface area contributed by atoms with Gasteiger partial charge in [-0.2, -0.15) is 5.10 Å². The zero-order valence-electron chi connectivity index (χ0n) is 14.8. The summed E-state index contributed by atoms with van der Waals surface area (Å²) in [5.74, 6) is -0.0278. The second-order valence-corrected chi connectivity index (χ2v) is 7.14. The van der Waals surface area contributed by atoms with Crippen molar-refractivity contribution in [2.75, 3.05) is 5.73 Å². The van der Waals surface area contributed by atoms with Crippen molar-refractivity contribution in [3.63, 3.8) is 0 Å². The minimum atomic E-state index is -0.180. The first kappa shape index (κ1) is 17.4. The van der Waals surface area contributed by atoms with Crippen molar-refractivity contribution in [2.45, 2.75) is 19.0 Å². The Morgan fingerprint density at radius 3 is 2.74 bits per heavy atom. The van der Waals surface area contributed by atoms with E-state index in [0.717, 1.165) is 16.8 Å². The van der Waals surface area contributed by atoms with Crippen molar-refractivity contribution < 1.29 is 9.90 Å². The zero-order chi connectivity index (χ0) is 19.1. The number of phenols is 1. The number of carbonyl (C=O) groups is 1. The number of aromatic hydroxyl groups is 1. The summed E-state index contributed by atoms with van der Waals surface area (Å²) in [4.78, 5) is 14.8. The summed E-state index contributed by atoms with van der Waals surface area (Å²) in [6.45, 7) is 0.358. The van der Waals surface area contributed by atoms with Crippen molar-refractivity contribution in [1.29, 1.82) is 0 Å². The minimum absolute atomic E-state index is 0.0148. The number of anilines is 1. The Labute approximate surface area is 161 Å². The largest absolute Gasteiger partial charge is 0.506 e. The molecule has 0 radical (unpaired) electrons. The van der Waals surface area contributed by atoms with Gasteiger partial charge >= 0.3 is 0 Å². The van der Waals surface area contributed by atoms with Gasteiger partial charge in [0.2, 0.25) is 0 Å². The Kier molecular flexibility index (Phi) is 4.28. The fourth-order valence-electron chi connectivity index (χ4n) is 3.56. The highest BCUT2D eigenvalue weighted by molar-refractivity contribution is 6.31. The molecule has 138 valence electrons. The Bertz CT molecular complexity index is 1030. The molecule has 0 fully saturated rings. The van der Waals surface area contributed by atoms with Gasteiger partial charge in [-0.25, -0.2) is 0 Å². The van der Waals surface area contributed by atoms with Crippen LogP contribution in [0.2, 0.25) is 5.02 Å². The Morgan fingerprint density at radius 2 is 2.04 bits per heavy atom. The Morgan fingerprint density at radius 1 is 1.26 bits per heavy atom. The maximum atomic E-state index is 13.0. The lowest BCUT2D eigenvalue weighted by Gasteiger charge is -2.25. The first-order chi connectivity index (χ1) is 12.9. The number of amides is 1. The molecular weight excluding hydrogens is 364 g/mol. The average Bonchev–Trinajstić information content (AvgIpc) is 3.09. The molecule has 3 aromatic rings. The minimum Gasteiger partial charge on any atom is -0.506 e. The standard InChI is InChI=1S/C20H19ClN4O2/c1-24-11-15(21)17(23-24)9-18-13-4-2-3-5-14(13)20(27)25(18)10-12-6-7-16(22)19(26)8-12/h2-8,11,18,26H,9-10,22H2,1H3. The summed E-state index contributed by atoms with van der Waals surface area (Å²) in [7, 11) is 1.82. The predicted molar refractivity (Wildman–Crippen MR) is 103 cm³/mol. The number of nitrogen functional groups attached to an aromatic ring is 1. The molecular formula is C20H19ClN4O2. The molecule has 27 heavy (non-hydrogen) atoms. The van der Waals surface area contributed by atoms with Gasteiger partial charge in [0, 0.05) is 31.8 Å². The Hall–Kier alpha value is -2.99. The van der Waals surface area contributed by atoms with Gasteiger partial charge in [-0.1, -0.05) is 35.9 Å². The maximum absolute atomic E-state index is 13.0. The summed E-state index contributed by atoms with van der Waals surface area (Å²) in [5, 5.41) is 14.9. The van der Waals surface area contributed by atoms with Crippen LogP contribution in [0.1, 0.15) is 33.2 Å². The molecule has 1 aromatic heterocycles. The summed E-state index contributed by atoms with van der Waals surface area (Å²) in [6.07, 6.45) is 2.27. The number of hydrogen-bond acceptors (Lipinski definition) is 4. The van der Waals surface area contributed by atoms with E-state index < -0.39 is 0 Å². The van der Waals surface area contributed by atoms with E-state index >= 15 is 0 Å². The molecule has 7 heteroatoms. The molecule has 0 saturated carbocycles. The quantitative estimate of drug-likeness (QED) is 0.535. The normalized spacial score (nSPS) is 16.0. The van der Waals surface area contributed by atoms with E-state index in [1.807, 2.05) is 37.4 Å². The van der Waals surface area contributed by atoms with Crippen LogP contribution in [0.25, 0.3) is 0 Å². The first-order valence-corrected chi connectivity index (χ1v) is 8.97. The number of rotatable bonds is 4. The second kappa shape index (κ2) is 6.63. The topological polar surface area (TPSA) is 84.4 Å². The maximum Gasteiger partial charge on any atom is 0.255 e. The number of nitrogens with zero attached hydrogens (tertiary/aromatic N) is 3. The van der Waals surface area contributed by atoms with Crippen LogP contribution in [0, 0.1) is 0 Å². The molecule has 0 bridgehead atoms. The van der Waals surface area contributed by atoms with E-state index in [-0.39, 0.29) is 17.7 Å². The molecule has 4 rings (SSSR count). The van der Waals surface area contributed by atoms with Crippen LogP contribution in [0.3, 0.4) is 0 Å². The van der Waals surface area contributed by atoms with Crippen LogP contribution in [0.4, 0.5) is 5.69 Å². The Balaban J connectivity index is 1.70. The number of aromatic nitrogens is 2. The molecule has 6 nitrogen and oxygen atoms in total. The molecule has 1 unspecified atom stereocenters. The van der Waals surface area contributed by atoms with Crippen molar-refractivity contribution in [2.24, 2.45) is 7.05 Å². The molecule has 2 heterocycles. The highest BCUT2D eigenvalue weighted by Gasteiger charge is 2.37. The van der Waals surface area contributed by atoms with Crippen molar-refractivity contribution in [3.8, 4) is 5.75 Å². The van der Waals surface area contributed by atoms with E-state index in [9.17, 15) is 9.90 Å². The van der Waals surface area contributed by atoms with E-state index in [1.54, 1.807) is 27.9 Å². The molecule has 0 aliphatic carbocycles. The lowest BCUT2D eigenvalue weighted by atomic mass is 10.0. The summed E-state index contributed by atoms with van der Waals surface area (Å²) in [6, 6.07) is 12.5. The monoisotopic (exact) mass is 382 g/mol. The highest BCUT2D eigenvalue weighted by Crippen LogP contribution is 2.38. The zero-order valence-corrected chi connectivity index (χ0v) is 15.5. The number of hydrogen-bond donors (Lipinski definition) is 2. The number of nitrogens with two attached hydrogens (primary N) is 1. The fraction of sp³-hybridized carbons (Fsp3) is 0.200. The van der Waals surface area contributed by atoms with Gasteiger partial charge in [0.1, 0.15) is 5.75 Å². The van der Waals surface area contributed by atoms with Crippen LogP contribution in [-0.2, 0) is 20.0 Å². The van der Waals surface area contributed by atoms with Crippen LogP contribution >= 0.6 is 11.6 Å². The smallest absolute Gasteiger partial charge is 0.255 e. The molecule has 1 amide bonds. The fourth-order valence-corrected chi connectivity index (χ4v) is 3.82. The van der Waals surface area contributed by atoms with Crippen LogP contribution in [0.5, 0.6) is 5.75 Å². The highest BCUT2D eigenvalue weighted by atomic mass is 35.5. The number of benzene rings is 2. The molecule has 1 aliphatic rings. The van der Waals surface area contributed by atoms with Crippen LogP contribution in [-0.4, -0.2) is 25.7 Å². The third-order valence-electron chi connectivity index (χ3n) is 4.88. The summed E-state index contributed by atoms with van der Waals surface area (Å²) < 4.78 is 1.67. The number of halogens is 1.